The maximum atomic E-state index is 5.79. The van der Waals surface area contributed by atoms with E-state index in [0.29, 0.717) is 43.8 Å². The van der Waals surface area contributed by atoms with Crippen LogP contribution in [0.1, 0.15) is 56.3 Å². The Morgan fingerprint density at radius 3 is 3.00 bits per heavy atom. The summed E-state index contributed by atoms with van der Waals surface area (Å²) in [5.74, 6) is 2.74. The molecule has 1 fully saturated rings. The number of aryl methyl sites for hydroxylation is 1. The van der Waals surface area contributed by atoms with Crippen LogP contribution in [0.4, 0.5) is 0 Å². The van der Waals surface area contributed by atoms with Crippen LogP contribution in [0.3, 0.4) is 0 Å². The smallest absolute Gasteiger partial charge is 0.240 e. The molecule has 2 aromatic heterocycles. The fraction of sp³-hybridized carbons (Fsp3) is 0.733. The van der Waals surface area contributed by atoms with Crippen molar-refractivity contribution >= 4 is 0 Å². The van der Waals surface area contributed by atoms with Crippen LogP contribution in [0.2, 0.25) is 0 Å². The molecule has 3 rings (SSSR count). The Balaban J connectivity index is 1.59. The van der Waals surface area contributed by atoms with Crippen molar-refractivity contribution in [2.45, 2.75) is 45.9 Å². The summed E-state index contributed by atoms with van der Waals surface area (Å²) in [7, 11) is 0. The lowest BCUT2D eigenvalue weighted by Crippen LogP contribution is -2.38. The van der Waals surface area contributed by atoms with Crippen LogP contribution >= 0.6 is 0 Å². The van der Waals surface area contributed by atoms with Gasteiger partial charge in [0.25, 0.3) is 0 Å². The molecule has 132 valence electrons. The predicted octanol–water partition coefficient (Wildman–Crippen LogP) is 1.42. The van der Waals surface area contributed by atoms with E-state index in [1.807, 2.05) is 20.8 Å². The Morgan fingerprint density at radius 1 is 1.38 bits per heavy atom. The van der Waals surface area contributed by atoms with Crippen molar-refractivity contribution in [1.82, 2.24) is 30.2 Å². The Morgan fingerprint density at radius 2 is 2.25 bits per heavy atom. The molecule has 9 heteroatoms. The highest BCUT2D eigenvalue weighted by molar-refractivity contribution is 4.97. The molecule has 0 aliphatic carbocycles. The molecular formula is C15H24N6O3. The fourth-order valence-corrected chi connectivity index (χ4v) is 2.63. The molecule has 0 radical (unpaired) electrons. The SMILES string of the molecule is CCO[C@H](C)c1noc(CN2CCO[C@H](c3n[nH]c(CC)n3)C2)n1. The molecule has 2 aromatic rings. The highest BCUT2D eigenvalue weighted by Gasteiger charge is 2.26. The summed E-state index contributed by atoms with van der Waals surface area (Å²) >= 11 is 0. The average molecular weight is 336 g/mol. The lowest BCUT2D eigenvalue weighted by Gasteiger charge is -2.30. The number of nitrogens with zero attached hydrogens (tertiary/aromatic N) is 5. The van der Waals surface area contributed by atoms with E-state index in [-0.39, 0.29) is 12.2 Å². The van der Waals surface area contributed by atoms with Crippen LogP contribution in [0.5, 0.6) is 0 Å². The van der Waals surface area contributed by atoms with Crippen molar-refractivity contribution in [3.05, 3.63) is 23.4 Å². The summed E-state index contributed by atoms with van der Waals surface area (Å²) in [6.45, 7) is 9.21. The summed E-state index contributed by atoms with van der Waals surface area (Å²) in [6, 6.07) is 0. The van der Waals surface area contributed by atoms with Gasteiger partial charge in [0.2, 0.25) is 5.89 Å². The quantitative estimate of drug-likeness (QED) is 0.810. The zero-order valence-electron chi connectivity index (χ0n) is 14.4. The minimum atomic E-state index is -0.161. The summed E-state index contributed by atoms with van der Waals surface area (Å²) in [6.07, 6.45) is 0.525. The summed E-state index contributed by atoms with van der Waals surface area (Å²) in [5.41, 5.74) is 0. The van der Waals surface area contributed by atoms with Crippen molar-refractivity contribution < 1.29 is 14.0 Å². The summed E-state index contributed by atoms with van der Waals surface area (Å²) < 4.78 is 16.6. The van der Waals surface area contributed by atoms with Crippen molar-refractivity contribution in [3.63, 3.8) is 0 Å². The van der Waals surface area contributed by atoms with E-state index in [1.165, 1.54) is 0 Å². The van der Waals surface area contributed by atoms with Gasteiger partial charge >= 0.3 is 0 Å². The van der Waals surface area contributed by atoms with Gasteiger partial charge in [0, 0.05) is 26.1 Å². The third-order valence-corrected chi connectivity index (χ3v) is 3.95. The first-order chi connectivity index (χ1) is 11.7. The molecule has 3 heterocycles. The lowest BCUT2D eigenvalue weighted by molar-refractivity contribution is -0.0396. The molecule has 1 N–H and O–H groups in total. The first kappa shape index (κ1) is 17.0. The number of aromatic nitrogens is 5. The molecule has 0 saturated carbocycles. The van der Waals surface area contributed by atoms with Gasteiger partial charge in [-0.2, -0.15) is 10.1 Å². The number of morpholine rings is 1. The van der Waals surface area contributed by atoms with Gasteiger partial charge in [0.05, 0.1) is 13.2 Å². The molecule has 0 amide bonds. The van der Waals surface area contributed by atoms with E-state index in [9.17, 15) is 0 Å². The van der Waals surface area contributed by atoms with E-state index < -0.39 is 0 Å². The Labute approximate surface area is 140 Å². The minimum Gasteiger partial charge on any atom is -0.371 e. The molecule has 0 bridgehead atoms. The second-order valence-corrected chi connectivity index (χ2v) is 5.73. The number of H-pyrrole nitrogens is 1. The van der Waals surface area contributed by atoms with E-state index in [0.717, 1.165) is 18.8 Å². The monoisotopic (exact) mass is 336 g/mol. The number of hydrogen-bond donors (Lipinski definition) is 1. The summed E-state index contributed by atoms with van der Waals surface area (Å²) in [5, 5.41) is 11.2. The number of rotatable bonds is 7. The van der Waals surface area contributed by atoms with Crippen molar-refractivity contribution in [2.75, 3.05) is 26.3 Å². The van der Waals surface area contributed by atoms with Gasteiger partial charge in [-0.25, -0.2) is 4.98 Å². The Bertz CT molecular complexity index is 643. The van der Waals surface area contributed by atoms with Crippen LogP contribution in [0, 0.1) is 0 Å². The van der Waals surface area contributed by atoms with Crippen molar-refractivity contribution in [2.24, 2.45) is 0 Å². The van der Waals surface area contributed by atoms with E-state index in [1.54, 1.807) is 0 Å². The van der Waals surface area contributed by atoms with Gasteiger partial charge in [0.1, 0.15) is 18.0 Å². The van der Waals surface area contributed by atoms with Crippen LogP contribution < -0.4 is 0 Å². The molecule has 0 spiro atoms. The molecule has 1 saturated heterocycles. The van der Waals surface area contributed by atoms with Gasteiger partial charge in [-0.15, -0.1) is 0 Å². The van der Waals surface area contributed by atoms with E-state index in [4.69, 9.17) is 14.0 Å². The van der Waals surface area contributed by atoms with E-state index >= 15 is 0 Å². The van der Waals surface area contributed by atoms with Gasteiger partial charge in [-0.3, -0.25) is 10.00 Å². The van der Waals surface area contributed by atoms with Gasteiger partial charge in [-0.1, -0.05) is 12.1 Å². The van der Waals surface area contributed by atoms with Crippen molar-refractivity contribution in [1.29, 1.82) is 0 Å². The van der Waals surface area contributed by atoms with Crippen LogP contribution in [-0.4, -0.2) is 56.5 Å². The third-order valence-electron chi connectivity index (χ3n) is 3.95. The number of aromatic amines is 1. The highest BCUT2D eigenvalue weighted by atomic mass is 16.5. The molecule has 2 atom stereocenters. The standard InChI is InChI=1S/C15H24N6O3/c1-4-12-16-15(19-18-12)11-8-21(6-7-23-11)9-13-17-14(20-24-13)10(3)22-5-2/h10-11H,4-9H2,1-3H3,(H,16,18,19)/t10-,11+/m1/s1. The second kappa shape index (κ2) is 7.82. The maximum absolute atomic E-state index is 5.79. The topological polar surface area (TPSA) is 102 Å². The third kappa shape index (κ3) is 3.97. The van der Waals surface area contributed by atoms with Crippen LogP contribution in [0.25, 0.3) is 0 Å². The first-order valence-corrected chi connectivity index (χ1v) is 8.38. The van der Waals surface area contributed by atoms with E-state index in [2.05, 4.69) is 30.2 Å². The lowest BCUT2D eigenvalue weighted by atomic mass is 10.2. The average Bonchev–Trinajstić information content (AvgIpc) is 3.24. The van der Waals surface area contributed by atoms with Gasteiger partial charge in [0.15, 0.2) is 11.6 Å². The maximum Gasteiger partial charge on any atom is 0.240 e. The highest BCUT2D eigenvalue weighted by Crippen LogP contribution is 2.21. The molecule has 9 nitrogen and oxygen atoms in total. The van der Waals surface area contributed by atoms with Gasteiger partial charge < -0.3 is 14.0 Å². The first-order valence-electron chi connectivity index (χ1n) is 8.38. The second-order valence-electron chi connectivity index (χ2n) is 5.73. The van der Waals surface area contributed by atoms with Crippen LogP contribution in [-0.2, 0) is 22.4 Å². The predicted molar refractivity (Wildman–Crippen MR) is 84.1 cm³/mol. The normalized spacial score (nSPS) is 20.4. The molecule has 0 aromatic carbocycles. The Hall–Kier alpha value is -1.84. The number of ether oxygens (including phenoxy) is 2. The Kier molecular flexibility index (Phi) is 5.54. The zero-order valence-corrected chi connectivity index (χ0v) is 14.4. The zero-order chi connectivity index (χ0) is 16.9. The largest absolute Gasteiger partial charge is 0.371 e. The molecule has 1 aliphatic heterocycles. The van der Waals surface area contributed by atoms with Crippen molar-refractivity contribution in [3.8, 4) is 0 Å². The molecule has 1 aliphatic rings. The fourth-order valence-electron chi connectivity index (χ4n) is 2.63. The molecule has 0 unspecified atom stereocenters. The number of nitrogens with one attached hydrogen (secondary N) is 1. The van der Waals surface area contributed by atoms with Crippen LogP contribution in [0.15, 0.2) is 4.52 Å². The number of hydrogen-bond acceptors (Lipinski definition) is 8. The molecular weight excluding hydrogens is 312 g/mol. The summed E-state index contributed by atoms with van der Waals surface area (Å²) in [4.78, 5) is 11.1. The minimum absolute atomic E-state index is 0.139. The molecule has 24 heavy (non-hydrogen) atoms. The van der Waals surface area contributed by atoms with Gasteiger partial charge in [-0.05, 0) is 13.8 Å².